The van der Waals surface area contributed by atoms with Crippen LogP contribution < -0.4 is 3.27 Å². The SMILES string of the molecule is CC1=Cc2c(-c3cccc4ccccc34)cccc2[CH]1[Zr][c]1ccccc1. The predicted octanol–water partition coefficient (Wildman–Crippen LogP) is 6.37. The van der Waals surface area contributed by atoms with E-state index in [1.165, 1.54) is 38.6 Å². The summed E-state index contributed by atoms with van der Waals surface area (Å²) in [5.74, 6) is 0. The second kappa shape index (κ2) is 7.06. The van der Waals surface area contributed by atoms with Crippen molar-refractivity contribution in [1.82, 2.24) is 0 Å². The number of allylic oxidation sites excluding steroid dienone is 1. The first-order valence-electron chi connectivity index (χ1n) is 9.42. The van der Waals surface area contributed by atoms with Gasteiger partial charge in [0.05, 0.1) is 0 Å². The van der Waals surface area contributed by atoms with Gasteiger partial charge in [-0.05, 0) is 0 Å². The molecule has 5 rings (SSSR count). The molecule has 4 aromatic carbocycles. The quantitative estimate of drug-likeness (QED) is 0.359. The molecule has 1 heteroatoms. The molecule has 1 atom stereocenters. The second-order valence-corrected chi connectivity index (χ2v) is 10.7. The molecule has 0 nitrogen and oxygen atoms in total. The molecule has 0 aromatic heterocycles. The first kappa shape index (κ1) is 16.9. The Kier molecular flexibility index (Phi) is 4.42. The molecule has 1 aliphatic rings. The molecule has 0 aliphatic heterocycles. The van der Waals surface area contributed by atoms with Gasteiger partial charge in [-0.2, -0.15) is 0 Å². The van der Waals surface area contributed by atoms with Crippen LogP contribution in [0.4, 0.5) is 0 Å². The molecule has 0 fully saturated rings. The van der Waals surface area contributed by atoms with Crippen LogP contribution in [0, 0.1) is 0 Å². The second-order valence-electron chi connectivity index (χ2n) is 7.17. The molecular formula is C26H20Zr. The maximum absolute atomic E-state index is 2.45. The van der Waals surface area contributed by atoms with Gasteiger partial charge >= 0.3 is 173 Å². The van der Waals surface area contributed by atoms with Gasteiger partial charge in [-0.15, -0.1) is 0 Å². The van der Waals surface area contributed by atoms with Gasteiger partial charge in [-0.3, -0.25) is 0 Å². The summed E-state index contributed by atoms with van der Waals surface area (Å²) in [5.41, 5.74) is 7.23. The van der Waals surface area contributed by atoms with Gasteiger partial charge in [0.25, 0.3) is 0 Å². The zero-order chi connectivity index (χ0) is 18.2. The van der Waals surface area contributed by atoms with E-state index in [9.17, 15) is 0 Å². The van der Waals surface area contributed by atoms with E-state index in [-0.39, 0.29) is 0 Å². The van der Waals surface area contributed by atoms with E-state index >= 15 is 0 Å². The van der Waals surface area contributed by atoms with Gasteiger partial charge in [0, 0.05) is 0 Å². The first-order chi connectivity index (χ1) is 13.3. The van der Waals surface area contributed by atoms with E-state index < -0.39 is 23.2 Å². The Morgan fingerprint density at radius 2 is 1.37 bits per heavy atom. The molecular weight excluding hydrogens is 404 g/mol. The van der Waals surface area contributed by atoms with Crippen molar-refractivity contribution in [2.75, 3.05) is 0 Å². The van der Waals surface area contributed by atoms with Crippen LogP contribution in [-0.2, 0) is 23.2 Å². The Hall–Kier alpha value is -2.24. The molecule has 0 amide bonds. The summed E-state index contributed by atoms with van der Waals surface area (Å²) in [6, 6.07) is 33.4. The summed E-state index contributed by atoms with van der Waals surface area (Å²) < 4.78 is 2.21. The van der Waals surface area contributed by atoms with E-state index in [4.69, 9.17) is 0 Å². The van der Waals surface area contributed by atoms with Crippen molar-refractivity contribution in [3.63, 3.8) is 0 Å². The minimum absolute atomic E-state index is 0.640. The van der Waals surface area contributed by atoms with Crippen molar-refractivity contribution < 1.29 is 23.2 Å². The van der Waals surface area contributed by atoms with E-state index in [0.717, 1.165) is 0 Å². The van der Waals surface area contributed by atoms with Gasteiger partial charge in [-0.1, -0.05) is 0 Å². The van der Waals surface area contributed by atoms with Crippen LogP contribution in [0.25, 0.3) is 28.0 Å². The van der Waals surface area contributed by atoms with E-state index in [1.807, 2.05) is 0 Å². The summed E-state index contributed by atoms with van der Waals surface area (Å²) in [5, 5.41) is 2.65. The van der Waals surface area contributed by atoms with Crippen LogP contribution in [-0.4, -0.2) is 0 Å². The third kappa shape index (κ3) is 3.05. The Morgan fingerprint density at radius 3 is 2.26 bits per heavy atom. The van der Waals surface area contributed by atoms with Crippen LogP contribution >= 0.6 is 0 Å². The van der Waals surface area contributed by atoms with Crippen LogP contribution in [0.2, 0.25) is 0 Å². The number of fused-ring (bicyclic) bond motifs is 2. The number of hydrogen-bond donors (Lipinski definition) is 0. The summed E-state index contributed by atoms with van der Waals surface area (Å²) in [6.07, 6.45) is 2.45. The third-order valence-corrected chi connectivity index (χ3v) is 9.67. The normalized spacial score (nSPS) is 15.4. The summed E-state index contributed by atoms with van der Waals surface area (Å²) in [7, 11) is 0. The molecule has 0 spiro atoms. The van der Waals surface area contributed by atoms with Gasteiger partial charge in [0.1, 0.15) is 0 Å². The number of rotatable bonds is 3. The van der Waals surface area contributed by atoms with Crippen molar-refractivity contribution in [3.8, 4) is 11.1 Å². The van der Waals surface area contributed by atoms with Crippen LogP contribution in [0.1, 0.15) is 21.7 Å². The third-order valence-electron chi connectivity index (χ3n) is 5.44. The fraction of sp³-hybridized carbons (Fsp3) is 0.0769. The van der Waals surface area contributed by atoms with E-state index in [0.29, 0.717) is 3.63 Å². The zero-order valence-electron chi connectivity index (χ0n) is 15.3. The molecule has 0 bridgehead atoms. The van der Waals surface area contributed by atoms with Crippen molar-refractivity contribution in [2.24, 2.45) is 0 Å². The van der Waals surface area contributed by atoms with Crippen molar-refractivity contribution >= 4 is 20.1 Å². The van der Waals surface area contributed by atoms with E-state index in [1.54, 1.807) is 3.27 Å². The summed E-state index contributed by atoms with van der Waals surface area (Å²) in [6.45, 7) is 2.32. The number of benzene rings is 4. The van der Waals surface area contributed by atoms with Gasteiger partial charge in [0.15, 0.2) is 0 Å². The molecule has 0 N–H and O–H groups in total. The first-order valence-corrected chi connectivity index (χ1v) is 12.1. The average molecular weight is 424 g/mol. The Balaban J connectivity index is 1.64. The molecule has 4 aromatic rings. The monoisotopic (exact) mass is 422 g/mol. The molecule has 0 heterocycles. The molecule has 0 radical (unpaired) electrons. The topological polar surface area (TPSA) is 0 Å². The van der Waals surface area contributed by atoms with Crippen molar-refractivity contribution in [3.05, 3.63) is 108 Å². The van der Waals surface area contributed by atoms with Crippen molar-refractivity contribution in [2.45, 2.75) is 10.5 Å². The Bertz CT molecular complexity index is 1150. The Morgan fingerprint density at radius 1 is 0.667 bits per heavy atom. The standard InChI is InChI=1S/C20H15.C6H5.Zr/c1-14-12-16-8-5-11-19(20(16)13-14)18-10-4-7-15-6-2-3-9-17(15)18;1-2-4-6-5-3-1;/h2-13H,1H3;1-5H;. The van der Waals surface area contributed by atoms with Crippen LogP contribution in [0.5, 0.6) is 0 Å². The predicted molar refractivity (Wildman–Crippen MR) is 112 cm³/mol. The van der Waals surface area contributed by atoms with Crippen molar-refractivity contribution in [1.29, 1.82) is 0 Å². The van der Waals surface area contributed by atoms with Gasteiger partial charge in [-0.25, -0.2) is 0 Å². The molecule has 27 heavy (non-hydrogen) atoms. The minimum atomic E-state index is -0.724. The Labute approximate surface area is 172 Å². The maximum atomic E-state index is 2.45. The zero-order valence-corrected chi connectivity index (χ0v) is 17.8. The summed E-state index contributed by atoms with van der Waals surface area (Å²) in [4.78, 5) is 0. The molecule has 0 saturated heterocycles. The average Bonchev–Trinajstić information content (AvgIpc) is 3.04. The number of hydrogen-bond acceptors (Lipinski definition) is 0. The fourth-order valence-electron chi connectivity index (χ4n) is 4.14. The van der Waals surface area contributed by atoms with Crippen LogP contribution in [0.3, 0.4) is 0 Å². The summed E-state index contributed by atoms with van der Waals surface area (Å²) >= 11 is -0.724. The molecule has 1 unspecified atom stereocenters. The van der Waals surface area contributed by atoms with Gasteiger partial charge in [0.2, 0.25) is 0 Å². The van der Waals surface area contributed by atoms with Gasteiger partial charge < -0.3 is 0 Å². The molecule has 128 valence electrons. The van der Waals surface area contributed by atoms with E-state index in [2.05, 4.69) is 104 Å². The fourth-order valence-corrected chi connectivity index (χ4v) is 7.67. The molecule has 0 saturated carbocycles. The molecule has 1 aliphatic carbocycles. The van der Waals surface area contributed by atoms with Crippen LogP contribution in [0.15, 0.2) is 96.6 Å².